The number of aromatic nitrogens is 1. The van der Waals surface area contributed by atoms with Crippen LogP contribution in [0.5, 0.6) is 0 Å². The molecule has 1 saturated carbocycles. The van der Waals surface area contributed by atoms with E-state index in [0.717, 1.165) is 12.8 Å². The first-order chi connectivity index (χ1) is 13.9. The maximum atomic E-state index is 13.2. The Bertz CT molecular complexity index is 882. The van der Waals surface area contributed by atoms with Crippen LogP contribution < -0.4 is 16.0 Å². The summed E-state index contributed by atoms with van der Waals surface area (Å²) in [6.45, 7) is -0.558. The molecule has 0 aliphatic heterocycles. The van der Waals surface area contributed by atoms with Gasteiger partial charge in [-0.15, -0.1) is 0 Å². The fourth-order valence-corrected chi connectivity index (χ4v) is 2.57. The van der Waals surface area contributed by atoms with E-state index in [-0.39, 0.29) is 18.5 Å². The molecule has 2 aromatic rings. The molecule has 3 rings (SSSR count). The summed E-state index contributed by atoms with van der Waals surface area (Å²) in [5.74, 6) is -1.64. The van der Waals surface area contributed by atoms with Gasteiger partial charge in [-0.3, -0.25) is 9.59 Å². The first-order valence-electron chi connectivity index (χ1n) is 9.16. The van der Waals surface area contributed by atoms with Gasteiger partial charge in [-0.2, -0.15) is 0 Å². The molecular formula is C20H21FN4O4. The molecule has 0 atom stereocenters. The van der Waals surface area contributed by atoms with Crippen molar-refractivity contribution < 1.29 is 23.5 Å². The zero-order chi connectivity index (χ0) is 20.8. The van der Waals surface area contributed by atoms with E-state index < -0.39 is 30.2 Å². The minimum atomic E-state index is -0.697. The van der Waals surface area contributed by atoms with Crippen LogP contribution in [0.3, 0.4) is 0 Å². The monoisotopic (exact) mass is 400 g/mol. The number of hydrogen-bond acceptors (Lipinski definition) is 6. The first-order valence-corrected chi connectivity index (χ1v) is 9.16. The first kappa shape index (κ1) is 20.2. The van der Waals surface area contributed by atoms with Crippen LogP contribution in [0.4, 0.5) is 15.9 Å². The van der Waals surface area contributed by atoms with Crippen LogP contribution in [0.1, 0.15) is 29.6 Å². The predicted octanol–water partition coefficient (Wildman–Crippen LogP) is 1.86. The lowest BCUT2D eigenvalue weighted by atomic mass is 10.2. The van der Waals surface area contributed by atoms with Gasteiger partial charge in [-0.1, -0.05) is 0 Å². The van der Waals surface area contributed by atoms with Gasteiger partial charge in [-0.25, -0.2) is 14.2 Å². The highest BCUT2D eigenvalue weighted by atomic mass is 19.1. The third-order valence-electron chi connectivity index (χ3n) is 4.28. The van der Waals surface area contributed by atoms with E-state index >= 15 is 0 Å². The number of benzene rings is 1. The number of rotatable bonds is 9. The number of amides is 2. The second kappa shape index (κ2) is 9.13. The molecule has 1 aromatic heterocycles. The number of primary amides is 1. The van der Waals surface area contributed by atoms with E-state index in [9.17, 15) is 18.8 Å². The SMILES string of the molecule is NC(=O)CCN(C(=O)COC(=O)c1ccc(NC2CC2)nc1)c1ccc(F)cc1. The van der Waals surface area contributed by atoms with Crippen molar-refractivity contribution in [1.82, 2.24) is 4.98 Å². The third-order valence-corrected chi connectivity index (χ3v) is 4.28. The summed E-state index contributed by atoms with van der Waals surface area (Å²) in [6, 6.07) is 8.85. The molecule has 0 bridgehead atoms. The Hall–Kier alpha value is -3.49. The molecule has 29 heavy (non-hydrogen) atoms. The van der Waals surface area contributed by atoms with Gasteiger partial charge in [0.05, 0.1) is 5.56 Å². The van der Waals surface area contributed by atoms with Gasteiger partial charge in [0, 0.05) is 30.9 Å². The second-order valence-electron chi connectivity index (χ2n) is 6.66. The smallest absolute Gasteiger partial charge is 0.340 e. The third kappa shape index (κ3) is 6.00. The van der Waals surface area contributed by atoms with Gasteiger partial charge >= 0.3 is 5.97 Å². The van der Waals surface area contributed by atoms with Gasteiger partial charge in [0.2, 0.25) is 5.91 Å². The van der Waals surface area contributed by atoms with E-state index in [1.165, 1.54) is 35.4 Å². The quantitative estimate of drug-likeness (QED) is 0.621. The van der Waals surface area contributed by atoms with Crippen LogP contribution in [0.25, 0.3) is 0 Å². The normalized spacial score (nSPS) is 12.9. The number of carbonyl (C=O) groups excluding carboxylic acids is 3. The van der Waals surface area contributed by atoms with Crippen molar-refractivity contribution in [2.24, 2.45) is 5.73 Å². The van der Waals surface area contributed by atoms with Crippen LogP contribution in [0.15, 0.2) is 42.6 Å². The molecule has 1 heterocycles. The van der Waals surface area contributed by atoms with Crippen molar-refractivity contribution in [3.8, 4) is 0 Å². The lowest BCUT2D eigenvalue weighted by Crippen LogP contribution is -2.37. The number of ether oxygens (including phenoxy) is 1. The molecule has 152 valence electrons. The van der Waals surface area contributed by atoms with Crippen molar-refractivity contribution in [3.05, 3.63) is 54.0 Å². The van der Waals surface area contributed by atoms with Crippen LogP contribution in [0, 0.1) is 5.82 Å². The van der Waals surface area contributed by atoms with Gasteiger partial charge in [0.25, 0.3) is 5.91 Å². The molecule has 1 fully saturated rings. The largest absolute Gasteiger partial charge is 0.452 e. The average Bonchev–Trinajstić information content (AvgIpc) is 3.52. The number of nitrogens with two attached hydrogens (primary N) is 1. The number of hydrogen-bond donors (Lipinski definition) is 2. The molecule has 1 aliphatic rings. The van der Waals surface area contributed by atoms with E-state index in [1.54, 1.807) is 12.1 Å². The van der Waals surface area contributed by atoms with Crippen LogP contribution in [-0.2, 0) is 14.3 Å². The summed E-state index contributed by atoms with van der Waals surface area (Å²) in [5.41, 5.74) is 5.73. The van der Waals surface area contributed by atoms with E-state index in [0.29, 0.717) is 17.5 Å². The number of anilines is 2. The Balaban J connectivity index is 1.59. The molecule has 0 radical (unpaired) electrons. The van der Waals surface area contributed by atoms with Crippen molar-refractivity contribution in [2.75, 3.05) is 23.4 Å². The summed E-state index contributed by atoms with van der Waals surface area (Å²) in [5, 5.41) is 3.20. The summed E-state index contributed by atoms with van der Waals surface area (Å²) < 4.78 is 18.2. The topological polar surface area (TPSA) is 115 Å². The molecule has 0 unspecified atom stereocenters. The minimum absolute atomic E-state index is 0.0135. The zero-order valence-corrected chi connectivity index (χ0v) is 15.6. The summed E-state index contributed by atoms with van der Waals surface area (Å²) in [7, 11) is 0. The number of esters is 1. The molecule has 3 N–H and O–H groups in total. The van der Waals surface area contributed by atoms with Gasteiger partial charge in [-0.05, 0) is 49.2 Å². The number of nitrogens with zero attached hydrogens (tertiary/aromatic N) is 2. The molecular weight excluding hydrogens is 379 g/mol. The fourth-order valence-electron chi connectivity index (χ4n) is 2.57. The Morgan fingerprint density at radius 3 is 2.48 bits per heavy atom. The number of halogens is 1. The highest BCUT2D eigenvalue weighted by Gasteiger charge is 2.22. The van der Waals surface area contributed by atoms with Crippen LogP contribution in [0.2, 0.25) is 0 Å². The van der Waals surface area contributed by atoms with E-state index in [2.05, 4.69) is 10.3 Å². The Morgan fingerprint density at radius 1 is 1.17 bits per heavy atom. The standard InChI is InChI=1S/C20H21FN4O4/c21-14-2-6-16(7-3-14)25(10-9-17(22)26)19(27)12-29-20(28)13-1-8-18(23-11-13)24-15-4-5-15/h1-3,6-8,11,15H,4-5,9-10,12H2,(H2,22,26)(H,23,24). The number of pyridine rings is 1. The van der Waals surface area contributed by atoms with Crippen molar-refractivity contribution in [3.63, 3.8) is 0 Å². The number of nitrogens with one attached hydrogen (secondary N) is 1. The lowest BCUT2D eigenvalue weighted by molar-refractivity contribution is -0.121. The van der Waals surface area contributed by atoms with Crippen LogP contribution >= 0.6 is 0 Å². The summed E-state index contributed by atoms with van der Waals surface area (Å²) >= 11 is 0. The van der Waals surface area contributed by atoms with Crippen LogP contribution in [-0.4, -0.2) is 42.0 Å². The number of carbonyl (C=O) groups is 3. The predicted molar refractivity (Wildman–Crippen MR) is 104 cm³/mol. The average molecular weight is 400 g/mol. The fraction of sp³-hybridized carbons (Fsp3) is 0.300. The van der Waals surface area contributed by atoms with Crippen molar-refractivity contribution in [2.45, 2.75) is 25.3 Å². The van der Waals surface area contributed by atoms with Gasteiger partial charge < -0.3 is 20.7 Å². The highest BCUT2D eigenvalue weighted by molar-refractivity contribution is 5.97. The Labute approximate surface area is 166 Å². The molecule has 2 amide bonds. The molecule has 9 heteroatoms. The maximum absolute atomic E-state index is 13.2. The molecule has 1 aromatic carbocycles. The van der Waals surface area contributed by atoms with E-state index in [4.69, 9.17) is 10.5 Å². The molecule has 8 nitrogen and oxygen atoms in total. The van der Waals surface area contributed by atoms with Crippen molar-refractivity contribution in [1.29, 1.82) is 0 Å². The minimum Gasteiger partial charge on any atom is -0.452 e. The maximum Gasteiger partial charge on any atom is 0.340 e. The summed E-state index contributed by atoms with van der Waals surface area (Å²) in [4.78, 5) is 41.2. The Morgan fingerprint density at radius 2 is 1.90 bits per heavy atom. The second-order valence-corrected chi connectivity index (χ2v) is 6.66. The van der Waals surface area contributed by atoms with Gasteiger partial charge in [0.15, 0.2) is 6.61 Å². The molecule has 1 aliphatic carbocycles. The van der Waals surface area contributed by atoms with Gasteiger partial charge in [0.1, 0.15) is 11.6 Å². The summed E-state index contributed by atoms with van der Waals surface area (Å²) in [6.07, 6.45) is 3.50. The van der Waals surface area contributed by atoms with E-state index in [1.807, 2.05) is 0 Å². The zero-order valence-electron chi connectivity index (χ0n) is 15.6. The van der Waals surface area contributed by atoms with Crippen molar-refractivity contribution >= 4 is 29.3 Å². The lowest BCUT2D eigenvalue weighted by Gasteiger charge is -2.22. The Kier molecular flexibility index (Phi) is 6.38. The highest BCUT2D eigenvalue weighted by Crippen LogP contribution is 2.23. The molecule has 0 saturated heterocycles. The molecule has 0 spiro atoms.